The first-order chi connectivity index (χ1) is 8.75. The number of rotatable bonds is 3. The Hall–Kier alpha value is -1.59. The summed E-state index contributed by atoms with van der Waals surface area (Å²) < 4.78 is 1.12. The normalized spacial score (nSPS) is 12.8. The molecule has 4 nitrogen and oxygen atoms in total. The number of halogens is 1. The van der Waals surface area contributed by atoms with Crippen LogP contribution in [0.5, 0.6) is 0 Å². The molecular weight excluding hydrogens is 268 g/mol. The zero-order valence-electron chi connectivity index (χ0n) is 9.64. The van der Waals surface area contributed by atoms with E-state index in [1.54, 1.807) is 17.5 Å². The Morgan fingerprint density at radius 3 is 3.06 bits per heavy atom. The standard InChI is InChI=1S/C12H11ClN4S/c1-7(9-4-5-15-17-9)16-11-8(13)2-3-10-12(11)14-6-18-10/h2-7,16H,1H3,(H,15,17). The van der Waals surface area contributed by atoms with Gasteiger partial charge >= 0.3 is 0 Å². The van der Waals surface area contributed by atoms with Crippen LogP contribution in [0.2, 0.25) is 5.02 Å². The summed E-state index contributed by atoms with van der Waals surface area (Å²) in [5.41, 5.74) is 4.63. The predicted octanol–water partition coefficient (Wildman–Crippen LogP) is 3.85. The monoisotopic (exact) mass is 278 g/mol. The first-order valence-electron chi connectivity index (χ1n) is 5.53. The largest absolute Gasteiger partial charge is 0.374 e. The highest BCUT2D eigenvalue weighted by molar-refractivity contribution is 7.16. The van der Waals surface area contributed by atoms with Crippen LogP contribution >= 0.6 is 22.9 Å². The second kappa shape index (κ2) is 4.59. The van der Waals surface area contributed by atoms with E-state index in [-0.39, 0.29) is 6.04 Å². The number of aromatic amines is 1. The van der Waals surface area contributed by atoms with Gasteiger partial charge in [0.1, 0.15) is 5.52 Å². The molecule has 3 aromatic rings. The lowest BCUT2D eigenvalue weighted by molar-refractivity contribution is 0.827. The van der Waals surface area contributed by atoms with E-state index in [4.69, 9.17) is 11.6 Å². The van der Waals surface area contributed by atoms with Crippen LogP contribution in [0.4, 0.5) is 5.69 Å². The van der Waals surface area contributed by atoms with Crippen molar-refractivity contribution in [2.75, 3.05) is 5.32 Å². The molecule has 2 N–H and O–H groups in total. The van der Waals surface area contributed by atoms with Crippen LogP contribution in [-0.2, 0) is 0 Å². The van der Waals surface area contributed by atoms with E-state index < -0.39 is 0 Å². The highest BCUT2D eigenvalue weighted by Crippen LogP contribution is 2.34. The minimum Gasteiger partial charge on any atom is -0.374 e. The molecule has 0 radical (unpaired) electrons. The van der Waals surface area contributed by atoms with E-state index in [9.17, 15) is 0 Å². The number of nitrogens with zero attached hydrogens (tertiary/aromatic N) is 2. The van der Waals surface area contributed by atoms with Crippen molar-refractivity contribution in [3.05, 3.63) is 40.6 Å². The van der Waals surface area contributed by atoms with E-state index >= 15 is 0 Å². The zero-order chi connectivity index (χ0) is 12.5. The van der Waals surface area contributed by atoms with Crippen LogP contribution in [0.3, 0.4) is 0 Å². The third-order valence-electron chi connectivity index (χ3n) is 2.80. The van der Waals surface area contributed by atoms with Crippen LogP contribution in [0.1, 0.15) is 18.7 Å². The molecule has 2 aromatic heterocycles. The summed E-state index contributed by atoms with van der Waals surface area (Å²) in [7, 11) is 0. The number of thiazole rings is 1. The summed E-state index contributed by atoms with van der Waals surface area (Å²) in [5, 5.41) is 11.0. The Labute approximate surface area is 113 Å². The summed E-state index contributed by atoms with van der Waals surface area (Å²) >= 11 is 7.85. The van der Waals surface area contributed by atoms with E-state index in [2.05, 4.69) is 27.4 Å². The van der Waals surface area contributed by atoms with E-state index in [0.29, 0.717) is 5.02 Å². The van der Waals surface area contributed by atoms with Gasteiger partial charge in [-0.25, -0.2) is 4.98 Å². The van der Waals surface area contributed by atoms with Crippen molar-refractivity contribution in [3.63, 3.8) is 0 Å². The van der Waals surface area contributed by atoms with Gasteiger partial charge in [-0.3, -0.25) is 5.10 Å². The SMILES string of the molecule is CC(Nc1c(Cl)ccc2scnc12)c1ccn[nH]1. The van der Waals surface area contributed by atoms with E-state index in [0.717, 1.165) is 21.6 Å². The molecule has 0 bridgehead atoms. The third-order valence-corrected chi connectivity index (χ3v) is 3.91. The fourth-order valence-electron chi connectivity index (χ4n) is 1.85. The minimum absolute atomic E-state index is 0.0947. The molecular formula is C12H11ClN4S. The maximum absolute atomic E-state index is 6.24. The molecule has 0 aliphatic rings. The van der Waals surface area contributed by atoms with Gasteiger partial charge in [0.05, 0.1) is 32.7 Å². The first-order valence-corrected chi connectivity index (χ1v) is 6.79. The lowest BCUT2D eigenvalue weighted by Gasteiger charge is -2.15. The van der Waals surface area contributed by atoms with Crippen molar-refractivity contribution >= 4 is 38.8 Å². The van der Waals surface area contributed by atoms with Crippen LogP contribution in [-0.4, -0.2) is 15.2 Å². The number of anilines is 1. The van der Waals surface area contributed by atoms with Gasteiger partial charge in [-0.15, -0.1) is 11.3 Å². The summed E-state index contributed by atoms with van der Waals surface area (Å²) in [5.74, 6) is 0. The third kappa shape index (κ3) is 1.95. The van der Waals surface area contributed by atoms with Crippen LogP contribution in [0.25, 0.3) is 10.2 Å². The molecule has 1 atom stereocenters. The van der Waals surface area contributed by atoms with Crippen molar-refractivity contribution in [1.82, 2.24) is 15.2 Å². The zero-order valence-corrected chi connectivity index (χ0v) is 11.2. The topological polar surface area (TPSA) is 53.6 Å². The van der Waals surface area contributed by atoms with E-state index in [1.165, 1.54) is 0 Å². The summed E-state index contributed by atoms with van der Waals surface area (Å²) in [6.45, 7) is 2.05. The summed E-state index contributed by atoms with van der Waals surface area (Å²) in [6, 6.07) is 5.91. The van der Waals surface area contributed by atoms with E-state index in [1.807, 2.05) is 23.7 Å². The molecule has 1 unspecified atom stereocenters. The molecule has 3 rings (SSSR count). The van der Waals surface area contributed by atoms with Crippen LogP contribution < -0.4 is 5.32 Å². The van der Waals surface area contributed by atoms with Crippen LogP contribution in [0.15, 0.2) is 29.9 Å². The van der Waals surface area contributed by atoms with Crippen molar-refractivity contribution in [2.45, 2.75) is 13.0 Å². The number of benzene rings is 1. The molecule has 0 fully saturated rings. The number of nitrogens with one attached hydrogen (secondary N) is 2. The Bertz CT molecular complexity index is 662. The van der Waals surface area contributed by atoms with Crippen molar-refractivity contribution < 1.29 is 0 Å². The maximum Gasteiger partial charge on any atom is 0.106 e. The van der Waals surface area contributed by atoms with Crippen molar-refractivity contribution in [2.24, 2.45) is 0 Å². The Kier molecular flexibility index (Phi) is 2.93. The highest BCUT2D eigenvalue weighted by Gasteiger charge is 2.13. The molecule has 0 aliphatic carbocycles. The van der Waals surface area contributed by atoms with Crippen molar-refractivity contribution in [1.29, 1.82) is 0 Å². The quantitative estimate of drug-likeness (QED) is 0.765. The molecule has 2 heterocycles. The molecule has 0 spiro atoms. The maximum atomic E-state index is 6.24. The molecule has 0 amide bonds. The van der Waals surface area contributed by atoms with Gasteiger partial charge in [-0.05, 0) is 25.1 Å². The average Bonchev–Trinajstić information content (AvgIpc) is 3.02. The van der Waals surface area contributed by atoms with Gasteiger partial charge in [-0.1, -0.05) is 11.6 Å². The van der Waals surface area contributed by atoms with Gasteiger partial charge in [0, 0.05) is 6.20 Å². The summed E-state index contributed by atoms with van der Waals surface area (Å²) in [4.78, 5) is 4.36. The van der Waals surface area contributed by atoms with Gasteiger partial charge in [0.15, 0.2) is 0 Å². The number of fused-ring (bicyclic) bond motifs is 1. The fraction of sp³-hybridized carbons (Fsp3) is 0.167. The number of aromatic nitrogens is 3. The number of H-pyrrole nitrogens is 1. The lowest BCUT2D eigenvalue weighted by atomic mass is 10.2. The molecule has 0 aliphatic heterocycles. The first kappa shape index (κ1) is 11.5. The number of hydrogen-bond acceptors (Lipinski definition) is 4. The van der Waals surface area contributed by atoms with Crippen molar-refractivity contribution in [3.8, 4) is 0 Å². The van der Waals surface area contributed by atoms with Crippen LogP contribution in [0, 0.1) is 0 Å². The average molecular weight is 279 g/mol. The molecule has 0 saturated heterocycles. The lowest BCUT2D eigenvalue weighted by Crippen LogP contribution is -2.08. The predicted molar refractivity (Wildman–Crippen MR) is 75.3 cm³/mol. The number of hydrogen-bond donors (Lipinski definition) is 2. The second-order valence-corrected chi connectivity index (χ2v) is 5.29. The Morgan fingerprint density at radius 2 is 2.28 bits per heavy atom. The van der Waals surface area contributed by atoms with Gasteiger partial charge < -0.3 is 5.32 Å². The van der Waals surface area contributed by atoms with Gasteiger partial charge in [0.2, 0.25) is 0 Å². The highest BCUT2D eigenvalue weighted by atomic mass is 35.5. The minimum atomic E-state index is 0.0947. The molecule has 6 heteroatoms. The Morgan fingerprint density at radius 1 is 1.39 bits per heavy atom. The molecule has 0 saturated carbocycles. The molecule has 18 heavy (non-hydrogen) atoms. The molecule has 92 valence electrons. The Balaban J connectivity index is 1.99. The smallest absolute Gasteiger partial charge is 0.106 e. The fourth-order valence-corrected chi connectivity index (χ4v) is 2.74. The van der Waals surface area contributed by atoms with Gasteiger partial charge in [-0.2, -0.15) is 5.10 Å². The molecule has 1 aromatic carbocycles. The second-order valence-electron chi connectivity index (χ2n) is 4.00. The summed E-state index contributed by atoms with van der Waals surface area (Å²) in [6.07, 6.45) is 1.73. The van der Waals surface area contributed by atoms with Gasteiger partial charge in [0.25, 0.3) is 0 Å².